The van der Waals surface area contributed by atoms with E-state index >= 15 is 0 Å². The third-order valence-electron chi connectivity index (χ3n) is 3.58. The first-order valence-corrected chi connectivity index (χ1v) is 7.82. The van der Waals surface area contributed by atoms with Crippen LogP contribution in [0.25, 0.3) is 11.0 Å². The maximum Gasteiger partial charge on any atom is 0.374 e. The van der Waals surface area contributed by atoms with E-state index in [9.17, 15) is 14.4 Å². The number of carbonyl (C=O) groups is 2. The summed E-state index contributed by atoms with van der Waals surface area (Å²) in [6.45, 7) is 1.39. The highest BCUT2D eigenvalue weighted by molar-refractivity contribution is 6.30. The zero-order chi connectivity index (χ0) is 18.0. The maximum absolute atomic E-state index is 12.1. The number of Topliss-reactive ketones (excluding diaryl/α,β-unsaturated/α-hetero) is 1. The van der Waals surface area contributed by atoms with E-state index in [4.69, 9.17) is 20.8 Å². The number of hydrogen-bond acceptors (Lipinski definition) is 5. The molecule has 0 fully saturated rings. The van der Waals surface area contributed by atoms with Crippen LogP contribution in [0, 0.1) is 6.92 Å². The zero-order valence-corrected chi connectivity index (χ0v) is 14.0. The first-order chi connectivity index (χ1) is 11.9. The van der Waals surface area contributed by atoms with Crippen molar-refractivity contribution in [2.24, 2.45) is 0 Å². The van der Waals surface area contributed by atoms with Crippen molar-refractivity contribution in [2.75, 3.05) is 6.61 Å². The van der Waals surface area contributed by atoms with Crippen LogP contribution >= 0.6 is 11.6 Å². The van der Waals surface area contributed by atoms with Crippen LogP contribution in [0.1, 0.15) is 26.5 Å². The van der Waals surface area contributed by atoms with E-state index in [2.05, 4.69) is 0 Å². The number of ether oxygens (including phenoxy) is 1. The number of carbonyl (C=O) groups excluding carboxylic acids is 2. The van der Waals surface area contributed by atoms with Crippen molar-refractivity contribution >= 4 is 34.3 Å². The summed E-state index contributed by atoms with van der Waals surface area (Å²) in [6, 6.07) is 12.3. The third-order valence-corrected chi connectivity index (χ3v) is 3.84. The average Bonchev–Trinajstić information content (AvgIpc) is 2.60. The van der Waals surface area contributed by atoms with Crippen LogP contribution in [0.15, 0.2) is 57.7 Å². The Hall–Kier alpha value is -2.92. The van der Waals surface area contributed by atoms with Crippen LogP contribution in [0.4, 0.5) is 0 Å². The molecule has 0 spiro atoms. The molecule has 0 saturated heterocycles. The number of rotatable bonds is 4. The van der Waals surface area contributed by atoms with Gasteiger partial charge in [0.15, 0.2) is 17.8 Å². The van der Waals surface area contributed by atoms with E-state index in [1.165, 1.54) is 12.1 Å². The lowest BCUT2D eigenvalue weighted by molar-refractivity contribution is 0.0444. The molecular formula is C19H13ClO5. The lowest BCUT2D eigenvalue weighted by Crippen LogP contribution is -2.16. The maximum atomic E-state index is 12.1. The number of halogens is 1. The average molecular weight is 357 g/mol. The van der Waals surface area contributed by atoms with Gasteiger partial charge in [0.05, 0.1) is 5.39 Å². The number of aryl methyl sites for hydroxylation is 1. The van der Waals surface area contributed by atoms with Gasteiger partial charge in [0.25, 0.3) is 0 Å². The van der Waals surface area contributed by atoms with Gasteiger partial charge >= 0.3 is 5.97 Å². The number of esters is 1. The quantitative estimate of drug-likeness (QED) is 0.525. The SMILES string of the molecule is Cc1ccc2oc(C(=O)OCC(=O)c3ccc(Cl)cc3)cc(=O)c2c1. The van der Waals surface area contributed by atoms with Crippen molar-refractivity contribution in [3.8, 4) is 0 Å². The van der Waals surface area contributed by atoms with E-state index < -0.39 is 12.6 Å². The number of hydrogen-bond donors (Lipinski definition) is 0. The van der Waals surface area contributed by atoms with Crippen molar-refractivity contribution in [3.63, 3.8) is 0 Å². The number of ketones is 1. The Bertz CT molecular complexity index is 1020. The molecule has 1 aromatic heterocycles. The topological polar surface area (TPSA) is 73.6 Å². The second kappa shape index (κ2) is 6.91. The van der Waals surface area contributed by atoms with Crippen molar-refractivity contribution < 1.29 is 18.7 Å². The molecule has 2 aromatic carbocycles. The predicted octanol–water partition coefficient (Wildman–Crippen LogP) is 3.79. The molecule has 0 aliphatic rings. The van der Waals surface area contributed by atoms with Gasteiger partial charge in [-0.2, -0.15) is 0 Å². The van der Waals surface area contributed by atoms with Gasteiger partial charge < -0.3 is 9.15 Å². The molecule has 0 aliphatic carbocycles. The van der Waals surface area contributed by atoms with E-state index in [-0.39, 0.29) is 22.6 Å². The van der Waals surface area contributed by atoms with Gasteiger partial charge in [-0.25, -0.2) is 4.79 Å². The minimum absolute atomic E-state index is 0.245. The van der Waals surface area contributed by atoms with Gasteiger partial charge in [-0.3, -0.25) is 9.59 Å². The monoisotopic (exact) mass is 356 g/mol. The van der Waals surface area contributed by atoms with Crippen molar-refractivity contribution in [3.05, 3.63) is 80.7 Å². The summed E-state index contributed by atoms with van der Waals surface area (Å²) in [5, 5.41) is 0.885. The minimum atomic E-state index is -0.873. The number of fused-ring (bicyclic) bond motifs is 1. The van der Waals surface area contributed by atoms with Gasteiger partial charge in [-0.05, 0) is 43.3 Å². The molecule has 0 N–H and O–H groups in total. The lowest BCUT2D eigenvalue weighted by Gasteiger charge is -2.05. The van der Waals surface area contributed by atoms with Crippen molar-refractivity contribution in [1.82, 2.24) is 0 Å². The smallest absolute Gasteiger partial charge is 0.374 e. The summed E-state index contributed by atoms with van der Waals surface area (Å²) in [7, 11) is 0. The second-order valence-electron chi connectivity index (χ2n) is 5.48. The highest BCUT2D eigenvalue weighted by Gasteiger charge is 2.16. The summed E-state index contributed by atoms with van der Waals surface area (Å²) in [5.41, 5.74) is 1.21. The molecule has 0 radical (unpaired) electrons. The molecule has 25 heavy (non-hydrogen) atoms. The molecule has 3 rings (SSSR count). The predicted molar refractivity (Wildman–Crippen MR) is 93.3 cm³/mol. The van der Waals surface area contributed by atoms with Crippen LogP contribution in [0.5, 0.6) is 0 Å². The summed E-state index contributed by atoms with van der Waals surface area (Å²) in [4.78, 5) is 36.2. The minimum Gasteiger partial charge on any atom is -0.451 e. The van der Waals surface area contributed by atoms with E-state index in [0.717, 1.165) is 11.6 Å². The molecule has 0 atom stereocenters. The molecule has 0 aliphatic heterocycles. The summed E-state index contributed by atoms with van der Waals surface area (Å²) < 4.78 is 10.4. The molecule has 3 aromatic rings. The van der Waals surface area contributed by atoms with Crippen LogP contribution in [-0.4, -0.2) is 18.4 Å². The second-order valence-corrected chi connectivity index (χ2v) is 5.92. The van der Waals surface area contributed by atoms with Gasteiger partial charge in [-0.1, -0.05) is 23.2 Å². The molecule has 5 nitrogen and oxygen atoms in total. The van der Waals surface area contributed by atoms with E-state index in [0.29, 0.717) is 16.0 Å². The third kappa shape index (κ3) is 3.78. The van der Waals surface area contributed by atoms with Crippen LogP contribution in [0.3, 0.4) is 0 Å². The normalized spacial score (nSPS) is 10.6. The summed E-state index contributed by atoms with van der Waals surface area (Å²) in [6.07, 6.45) is 0. The first kappa shape index (κ1) is 16.9. The Balaban J connectivity index is 1.76. The first-order valence-electron chi connectivity index (χ1n) is 7.44. The molecular weight excluding hydrogens is 344 g/mol. The highest BCUT2D eigenvalue weighted by atomic mass is 35.5. The Morgan fingerprint density at radius 1 is 1.08 bits per heavy atom. The van der Waals surface area contributed by atoms with Crippen LogP contribution < -0.4 is 5.43 Å². The van der Waals surface area contributed by atoms with Crippen LogP contribution in [0.2, 0.25) is 5.02 Å². The molecule has 126 valence electrons. The fourth-order valence-electron chi connectivity index (χ4n) is 2.29. The van der Waals surface area contributed by atoms with Gasteiger partial charge in [-0.15, -0.1) is 0 Å². The van der Waals surface area contributed by atoms with Crippen molar-refractivity contribution in [1.29, 1.82) is 0 Å². The molecule has 1 heterocycles. The van der Waals surface area contributed by atoms with Gasteiger partial charge in [0.2, 0.25) is 5.76 Å². The Morgan fingerprint density at radius 2 is 1.80 bits per heavy atom. The fraction of sp³-hybridized carbons (Fsp3) is 0.105. The Kier molecular flexibility index (Phi) is 4.67. The van der Waals surface area contributed by atoms with E-state index in [1.807, 2.05) is 6.92 Å². The summed E-state index contributed by atoms with van der Waals surface area (Å²) in [5.74, 6) is -1.50. The molecule has 0 saturated carbocycles. The molecule has 0 unspecified atom stereocenters. The zero-order valence-electron chi connectivity index (χ0n) is 13.2. The molecule has 0 bridgehead atoms. The summed E-state index contributed by atoms with van der Waals surface area (Å²) >= 11 is 5.76. The number of benzene rings is 2. The Morgan fingerprint density at radius 3 is 2.52 bits per heavy atom. The van der Waals surface area contributed by atoms with Gasteiger partial charge in [0, 0.05) is 16.7 Å². The van der Waals surface area contributed by atoms with Gasteiger partial charge in [0.1, 0.15) is 5.58 Å². The largest absolute Gasteiger partial charge is 0.451 e. The van der Waals surface area contributed by atoms with Crippen molar-refractivity contribution in [2.45, 2.75) is 6.92 Å². The van der Waals surface area contributed by atoms with E-state index in [1.54, 1.807) is 30.3 Å². The highest BCUT2D eigenvalue weighted by Crippen LogP contribution is 2.15. The lowest BCUT2D eigenvalue weighted by atomic mass is 10.1. The molecule has 0 amide bonds. The van der Waals surface area contributed by atoms with Crippen LogP contribution in [-0.2, 0) is 4.74 Å². The Labute approximate surface area is 147 Å². The molecule has 6 heteroatoms. The fourth-order valence-corrected chi connectivity index (χ4v) is 2.42. The standard InChI is InChI=1S/C19H13ClO5/c1-11-2-7-17-14(8-11)15(21)9-18(25-17)19(23)24-10-16(22)12-3-5-13(20)6-4-12/h2-9H,10H2,1H3.